The minimum Gasteiger partial charge on any atom is -0.493 e. The number of rotatable bonds is 8. The summed E-state index contributed by atoms with van der Waals surface area (Å²) in [7, 11) is 1.58. The zero-order chi connectivity index (χ0) is 18.1. The maximum absolute atomic E-state index is 11.8. The second-order valence-corrected chi connectivity index (χ2v) is 5.34. The predicted molar refractivity (Wildman–Crippen MR) is 97.8 cm³/mol. The Labute approximate surface area is 151 Å². The fourth-order valence-corrected chi connectivity index (χ4v) is 2.09. The van der Waals surface area contributed by atoms with Gasteiger partial charge >= 0.3 is 0 Å². The van der Waals surface area contributed by atoms with Crippen molar-refractivity contribution < 1.29 is 19.1 Å². The van der Waals surface area contributed by atoms with E-state index < -0.39 is 0 Å². The fraction of sp³-hybridized carbons (Fsp3) is 0.222. The first-order valence-electron chi connectivity index (χ1n) is 7.64. The van der Waals surface area contributed by atoms with Gasteiger partial charge in [0, 0.05) is 16.3 Å². The topological polar surface area (TPSA) is 69.2 Å². The van der Waals surface area contributed by atoms with Gasteiger partial charge in [0.05, 0.1) is 19.9 Å². The molecule has 0 atom stereocenters. The molecule has 0 radical (unpaired) electrons. The number of amides is 1. The number of anilines is 1. The maximum Gasteiger partial charge on any atom is 0.265 e. The van der Waals surface area contributed by atoms with E-state index in [0.717, 1.165) is 5.56 Å². The number of carbonyl (C=O) groups is 1. The van der Waals surface area contributed by atoms with Crippen LogP contribution >= 0.6 is 11.6 Å². The van der Waals surface area contributed by atoms with Crippen molar-refractivity contribution in [3.63, 3.8) is 0 Å². The normalized spacial score (nSPS) is 10.5. The van der Waals surface area contributed by atoms with Gasteiger partial charge in [0.1, 0.15) is 0 Å². The van der Waals surface area contributed by atoms with Crippen LogP contribution in [0.5, 0.6) is 11.5 Å². The highest BCUT2D eigenvalue weighted by Crippen LogP contribution is 2.27. The van der Waals surface area contributed by atoms with Crippen LogP contribution in [0.2, 0.25) is 5.02 Å². The first kappa shape index (κ1) is 18.6. The summed E-state index contributed by atoms with van der Waals surface area (Å²) in [5.41, 5.74) is 1.40. The molecule has 0 saturated carbocycles. The third kappa shape index (κ3) is 6.00. The average molecular weight is 363 g/mol. The number of oxime groups is 1. The van der Waals surface area contributed by atoms with E-state index in [1.54, 1.807) is 43.5 Å². The summed E-state index contributed by atoms with van der Waals surface area (Å²) < 4.78 is 10.7. The van der Waals surface area contributed by atoms with Crippen LogP contribution in [0.15, 0.2) is 47.6 Å². The summed E-state index contributed by atoms with van der Waals surface area (Å²) >= 11 is 5.79. The number of nitrogens with zero attached hydrogens (tertiary/aromatic N) is 1. The smallest absolute Gasteiger partial charge is 0.265 e. The molecule has 25 heavy (non-hydrogen) atoms. The van der Waals surface area contributed by atoms with Crippen LogP contribution < -0.4 is 14.8 Å². The third-order valence-corrected chi connectivity index (χ3v) is 3.34. The minimum atomic E-state index is -0.316. The van der Waals surface area contributed by atoms with E-state index in [4.69, 9.17) is 25.9 Å². The summed E-state index contributed by atoms with van der Waals surface area (Å²) in [6.07, 6.45) is 1.50. The molecule has 0 aliphatic rings. The Balaban J connectivity index is 1.85. The van der Waals surface area contributed by atoms with Crippen LogP contribution in [0, 0.1) is 0 Å². The van der Waals surface area contributed by atoms with Crippen molar-refractivity contribution in [1.82, 2.24) is 0 Å². The highest BCUT2D eigenvalue weighted by molar-refractivity contribution is 6.30. The second-order valence-electron chi connectivity index (χ2n) is 4.91. The largest absolute Gasteiger partial charge is 0.493 e. The van der Waals surface area contributed by atoms with Gasteiger partial charge < -0.3 is 19.6 Å². The Hall–Kier alpha value is -2.73. The summed E-state index contributed by atoms with van der Waals surface area (Å²) in [5, 5.41) is 7.07. The monoisotopic (exact) mass is 362 g/mol. The Morgan fingerprint density at radius 1 is 1.20 bits per heavy atom. The Bertz CT molecular complexity index is 732. The molecule has 0 bridgehead atoms. The first-order valence-corrected chi connectivity index (χ1v) is 8.01. The predicted octanol–water partition coefficient (Wildman–Crippen LogP) is 3.74. The molecule has 0 fully saturated rings. The van der Waals surface area contributed by atoms with Crippen molar-refractivity contribution in [1.29, 1.82) is 0 Å². The number of carbonyl (C=O) groups excluding carboxylic acids is 1. The summed E-state index contributed by atoms with van der Waals surface area (Å²) in [5.74, 6) is 0.945. The van der Waals surface area contributed by atoms with Gasteiger partial charge in [-0.3, -0.25) is 4.79 Å². The molecule has 132 valence electrons. The van der Waals surface area contributed by atoms with Gasteiger partial charge in [-0.25, -0.2) is 0 Å². The van der Waals surface area contributed by atoms with Gasteiger partial charge in [-0.15, -0.1) is 0 Å². The van der Waals surface area contributed by atoms with E-state index >= 15 is 0 Å². The van der Waals surface area contributed by atoms with E-state index in [0.29, 0.717) is 28.8 Å². The summed E-state index contributed by atoms with van der Waals surface area (Å²) in [6.45, 7) is 2.22. The molecular weight excluding hydrogens is 344 g/mol. The van der Waals surface area contributed by atoms with Crippen LogP contribution in [0.25, 0.3) is 0 Å². The quantitative estimate of drug-likeness (QED) is 0.573. The standard InChI is InChI=1S/C18H19ClN2O4/c1-3-24-17-10-13(4-9-16(17)23-2)11-20-25-12-18(22)21-15-7-5-14(19)6-8-15/h4-11H,3,12H2,1-2H3,(H,21,22)/b20-11+. The van der Waals surface area contributed by atoms with E-state index in [2.05, 4.69) is 10.5 Å². The third-order valence-electron chi connectivity index (χ3n) is 3.09. The highest BCUT2D eigenvalue weighted by Gasteiger charge is 2.05. The first-order chi connectivity index (χ1) is 12.1. The van der Waals surface area contributed by atoms with E-state index in [9.17, 15) is 4.79 Å². The molecule has 1 N–H and O–H groups in total. The summed E-state index contributed by atoms with van der Waals surface area (Å²) in [4.78, 5) is 16.8. The van der Waals surface area contributed by atoms with Gasteiger partial charge in [-0.2, -0.15) is 0 Å². The van der Waals surface area contributed by atoms with Gasteiger partial charge in [0.25, 0.3) is 5.91 Å². The molecule has 0 aliphatic carbocycles. The Morgan fingerprint density at radius 3 is 2.64 bits per heavy atom. The molecule has 2 rings (SSSR count). The number of hydrogen-bond acceptors (Lipinski definition) is 5. The van der Waals surface area contributed by atoms with E-state index in [1.807, 2.05) is 13.0 Å². The molecule has 2 aromatic carbocycles. The van der Waals surface area contributed by atoms with Gasteiger partial charge in [0.15, 0.2) is 18.1 Å². The lowest BCUT2D eigenvalue weighted by atomic mass is 10.2. The molecule has 0 aliphatic heterocycles. The Morgan fingerprint density at radius 2 is 1.96 bits per heavy atom. The van der Waals surface area contributed by atoms with Crippen molar-refractivity contribution >= 4 is 29.4 Å². The van der Waals surface area contributed by atoms with Gasteiger partial charge in [-0.05, 0) is 49.4 Å². The van der Waals surface area contributed by atoms with E-state index in [-0.39, 0.29) is 12.5 Å². The molecule has 1 amide bonds. The molecule has 0 aromatic heterocycles. The lowest BCUT2D eigenvalue weighted by molar-refractivity contribution is -0.120. The zero-order valence-corrected chi connectivity index (χ0v) is 14.7. The van der Waals surface area contributed by atoms with Crippen molar-refractivity contribution in [3.8, 4) is 11.5 Å². The van der Waals surface area contributed by atoms with Crippen molar-refractivity contribution in [2.75, 3.05) is 25.6 Å². The van der Waals surface area contributed by atoms with Crippen molar-refractivity contribution in [2.24, 2.45) is 5.16 Å². The number of nitrogens with one attached hydrogen (secondary N) is 1. The van der Waals surface area contributed by atoms with Crippen LogP contribution in [-0.2, 0) is 9.63 Å². The SMILES string of the molecule is CCOc1cc(/C=N/OCC(=O)Nc2ccc(Cl)cc2)ccc1OC. The highest BCUT2D eigenvalue weighted by atomic mass is 35.5. The van der Waals surface area contributed by atoms with E-state index in [1.165, 1.54) is 6.21 Å². The van der Waals surface area contributed by atoms with Gasteiger partial charge in [-0.1, -0.05) is 16.8 Å². The van der Waals surface area contributed by atoms with Crippen LogP contribution in [0.3, 0.4) is 0 Å². The minimum absolute atomic E-state index is 0.201. The van der Waals surface area contributed by atoms with Crippen LogP contribution in [0.4, 0.5) is 5.69 Å². The molecule has 2 aromatic rings. The molecule has 0 spiro atoms. The number of hydrogen-bond donors (Lipinski definition) is 1. The molecular formula is C18H19ClN2O4. The number of ether oxygens (including phenoxy) is 2. The van der Waals surface area contributed by atoms with Crippen LogP contribution in [-0.4, -0.2) is 32.4 Å². The zero-order valence-electron chi connectivity index (χ0n) is 14.0. The number of methoxy groups -OCH3 is 1. The Kier molecular flexibility index (Phi) is 7.10. The molecule has 0 saturated heterocycles. The molecule has 0 unspecified atom stereocenters. The lowest BCUT2D eigenvalue weighted by Crippen LogP contribution is -2.16. The van der Waals surface area contributed by atoms with Crippen LogP contribution in [0.1, 0.15) is 12.5 Å². The maximum atomic E-state index is 11.8. The number of halogens is 1. The average Bonchev–Trinajstić information content (AvgIpc) is 2.61. The lowest BCUT2D eigenvalue weighted by Gasteiger charge is -2.09. The molecule has 0 heterocycles. The van der Waals surface area contributed by atoms with Gasteiger partial charge in [0.2, 0.25) is 0 Å². The second kappa shape index (κ2) is 9.54. The van der Waals surface area contributed by atoms with Crippen molar-refractivity contribution in [3.05, 3.63) is 53.1 Å². The molecule has 6 nitrogen and oxygen atoms in total. The van der Waals surface area contributed by atoms with Crippen molar-refractivity contribution in [2.45, 2.75) is 6.92 Å². The molecule has 7 heteroatoms. The number of benzene rings is 2. The summed E-state index contributed by atoms with van der Waals surface area (Å²) in [6, 6.07) is 12.2. The fourth-order valence-electron chi connectivity index (χ4n) is 1.97.